The van der Waals surface area contributed by atoms with Gasteiger partial charge in [0.1, 0.15) is 5.82 Å². The number of rotatable bonds is 5. The van der Waals surface area contributed by atoms with E-state index in [1.54, 1.807) is 30.3 Å². The maximum absolute atomic E-state index is 6.10. The van der Waals surface area contributed by atoms with Crippen molar-refractivity contribution in [3.8, 4) is 5.88 Å². The molecule has 3 N–H and O–H groups in total. The van der Waals surface area contributed by atoms with Gasteiger partial charge in [0.15, 0.2) is 0 Å². The molecule has 0 bridgehead atoms. The molecule has 6 heteroatoms. The molecule has 0 saturated carbocycles. The third kappa shape index (κ3) is 3.68. The smallest absolute Gasteiger partial charge is 0.239 e. The van der Waals surface area contributed by atoms with Crippen molar-refractivity contribution in [1.29, 1.82) is 0 Å². The molecule has 2 aromatic rings. The SMILES string of the molecule is CCCOc1nc(Nc2ccc(Cl)cc2Cl)ccc1N. The van der Waals surface area contributed by atoms with Crippen molar-refractivity contribution in [3.63, 3.8) is 0 Å². The van der Waals surface area contributed by atoms with Crippen molar-refractivity contribution < 1.29 is 4.74 Å². The molecule has 0 unspecified atom stereocenters. The largest absolute Gasteiger partial charge is 0.476 e. The van der Waals surface area contributed by atoms with E-state index >= 15 is 0 Å². The fourth-order valence-corrected chi connectivity index (χ4v) is 2.02. The van der Waals surface area contributed by atoms with Crippen molar-refractivity contribution in [2.24, 2.45) is 0 Å². The Labute approximate surface area is 127 Å². The number of ether oxygens (including phenoxy) is 1. The average Bonchev–Trinajstić information content (AvgIpc) is 2.42. The Balaban J connectivity index is 2.20. The number of pyridine rings is 1. The molecule has 0 amide bonds. The normalized spacial score (nSPS) is 10.3. The summed E-state index contributed by atoms with van der Waals surface area (Å²) in [5.74, 6) is 1.02. The van der Waals surface area contributed by atoms with E-state index in [0.29, 0.717) is 34.0 Å². The number of benzene rings is 1. The third-order valence-corrected chi connectivity index (χ3v) is 3.07. The van der Waals surface area contributed by atoms with E-state index in [4.69, 9.17) is 33.7 Å². The summed E-state index contributed by atoms with van der Waals surface area (Å²) in [7, 11) is 0. The van der Waals surface area contributed by atoms with Crippen LogP contribution in [0.3, 0.4) is 0 Å². The van der Waals surface area contributed by atoms with Gasteiger partial charge in [-0.1, -0.05) is 30.1 Å². The van der Waals surface area contributed by atoms with Crippen LogP contribution in [-0.4, -0.2) is 11.6 Å². The molecule has 0 spiro atoms. The van der Waals surface area contributed by atoms with Crippen molar-refractivity contribution in [2.45, 2.75) is 13.3 Å². The molecule has 0 atom stereocenters. The van der Waals surface area contributed by atoms with Crippen LogP contribution in [0.25, 0.3) is 0 Å². The van der Waals surface area contributed by atoms with Crippen LogP contribution < -0.4 is 15.8 Å². The number of nitrogen functional groups attached to an aromatic ring is 1. The van der Waals surface area contributed by atoms with E-state index in [9.17, 15) is 0 Å². The number of aromatic nitrogens is 1. The molecule has 0 saturated heterocycles. The number of anilines is 3. The van der Waals surface area contributed by atoms with Gasteiger partial charge < -0.3 is 15.8 Å². The van der Waals surface area contributed by atoms with Crippen LogP contribution in [0.4, 0.5) is 17.2 Å². The molecule has 0 fully saturated rings. The number of halogens is 2. The maximum Gasteiger partial charge on any atom is 0.239 e. The first-order valence-electron chi connectivity index (χ1n) is 6.21. The lowest BCUT2D eigenvalue weighted by atomic mass is 10.3. The van der Waals surface area contributed by atoms with Crippen LogP contribution >= 0.6 is 23.2 Å². The topological polar surface area (TPSA) is 60.2 Å². The Morgan fingerprint density at radius 2 is 2.05 bits per heavy atom. The molecule has 4 nitrogen and oxygen atoms in total. The maximum atomic E-state index is 6.10. The zero-order valence-corrected chi connectivity index (χ0v) is 12.5. The molecule has 2 rings (SSSR count). The standard InChI is InChI=1S/C14H15Cl2N3O/c1-2-7-20-14-11(17)4-6-13(19-14)18-12-5-3-9(15)8-10(12)16/h3-6,8H,2,7,17H2,1H3,(H,18,19). The van der Waals surface area contributed by atoms with Gasteiger partial charge in [-0.2, -0.15) is 4.98 Å². The Morgan fingerprint density at radius 3 is 2.75 bits per heavy atom. The summed E-state index contributed by atoms with van der Waals surface area (Å²) in [4.78, 5) is 4.32. The number of nitrogens with zero attached hydrogens (tertiary/aromatic N) is 1. The zero-order chi connectivity index (χ0) is 14.5. The first kappa shape index (κ1) is 14.8. The highest BCUT2D eigenvalue weighted by Gasteiger charge is 2.06. The Bertz CT molecular complexity index is 605. The van der Waals surface area contributed by atoms with Crippen LogP contribution in [0.1, 0.15) is 13.3 Å². The zero-order valence-electron chi connectivity index (χ0n) is 11.0. The lowest BCUT2D eigenvalue weighted by Gasteiger charge is -2.11. The fraction of sp³-hybridized carbons (Fsp3) is 0.214. The molecule has 0 aliphatic rings. The highest BCUT2D eigenvalue weighted by Crippen LogP contribution is 2.29. The summed E-state index contributed by atoms with van der Waals surface area (Å²) in [6.45, 7) is 2.59. The van der Waals surface area contributed by atoms with Gasteiger partial charge in [0.25, 0.3) is 0 Å². The molecule has 0 aliphatic heterocycles. The summed E-state index contributed by atoms with van der Waals surface area (Å²) in [5.41, 5.74) is 7.04. The van der Waals surface area contributed by atoms with Crippen molar-refractivity contribution in [2.75, 3.05) is 17.7 Å². The second-order valence-corrected chi connectivity index (χ2v) is 5.03. The van der Waals surface area contributed by atoms with Gasteiger partial charge >= 0.3 is 0 Å². The van der Waals surface area contributed by atoms with E-state index in [1.165, 1.54) is 0 Å². The van der Waals surface area contributed by atoms with E-state index in [-0.39, 0.29) is 0 Å². The number of hydrogen-bond acceptors (Lipinski definition) is 4. The number of nitrogens with one attached hydrogen (secondary N) is 1. The van der Waals surface area contributed by atoms with Crippen LogP contribution in [0, 0.1) is 0 Å². The average molecular weight is 312 g/mol. The molecule has 0 aliphatic carbocycles. The molecule has 20 heavy (non-hydrogen) atoms. The predicted octanol–water partition coefficient (Wildman–Crippen LogP) is 4.50. The van der Waals surface area contributed by atoms with Crippen LogP contribution in [0.5, 0.6) is 5.88 Å². The predicted molar refractivity (Wildman–Crippen MR) is 84.2 cm³/mol. The first-order valence-corrected chi connectivity index (χ1v) is 6.97. The Hall–Kier alpha value is -1.65. The van der Waals surface area contributed by atoms with Gasteiger partial charge in [0.05, 0.1) is 23.0 Å². The molecular formula is C14H15Cl2N3O. The number of hydrogen-bond donors (Lipinski definition) is 2. The lowest BCUT2D eigenvalue weighted by Crippen LogP contribution is -2.03. The molecule has 106 valence electrons. The van der Waals surface area contributed by atoms with Gasteiger partial charge in [0, 0.05) is 5.02 Å². The Morgan fingerprint density at radius 1 is 1.25 bits per heavy atom. The van der Waals surface area contributed by atoms with Crippen LogP contribution in [-0.2, 0) is 0 Å². The highest BCUT2D eigenvalue weighted by atomic mass is 35.5. The molecule has 0 radical (unpaired) electrons. The number of nitrogens with two attached hydrogens (primary N) is 1. The molecule has 1 heterocycles. The third-order valence-electron chi connectivity index (χ3n) is 2.53. The van der Waals surface area contributed by atoms with E-state index in [2.05, 4.69) is 10.3 Å². The minimum atomic E-state index is 0.418. The van der Waals surface area contributed by atoms with Gasteiger partial charge in [0.2, 0.25) is 5.88 Å². The Kier molecular flexibility index (Phi) is 4.93. The summed E-state index contributed by atoms with van der Waals surface area (Å²) in [5, 5.41) is 4.21. The van der Waals surface area contributed by atoms with E-state index < -0.39 is 0 Å². The van der Waals surface area contributed by atoms with Crippen LogP contribution in [0.15, 0.2) is 30.3 Å². The quantitative estimate of drug-likeness (QED) is 0.853. The lowest BCUT2D eigenvalue weighted by molar-refractivity contribution is 0.307. The van der Waals surface area contributed by atoms with Crippen LogP contribution in [0.2, 0.25) is 10.0 Å². The van der Waals surface area contributed by atoms with Gasteiger partial charge in [-0.3, -0.25) is 0 Å². The van der Waals surface area contributed by atoms with E-state index in [0.717, 1.165) is 12.1 Å². The van der Waals surface area contributed by atoms with Gasteiger partial charge in [-0.05, 0) is 36.8 Å². The second-order valence-electron chi connectivity index (χ2n) is 4.19. The monoisotopic (exact) mass is 311 g/mol. The van der Waals surface area contributed by atoms with Crippen molar-refractivity contribution in [3.05, 3.63) is 40.4 Å². The summed E-state index contributed by atoms with van der Waals surface area (Å²) in [6.07, 6.45) is 0.891. The molecule has 1 aromatic heterocycles. The molecule has 1 aromatic carbocycles. The minimum Gasteiger partial charge on any atom is -0.476 e. The van der Waals surface area contributed by atoms with Crippen molar-refractivity contribution >= 4 is 40.4 Å². The van der Waals surface area contributed by atoms with E-state index in [1.807, 2.05) is 6.92 Å². The first-order chi connectivity index (χ1) is 9.60. The van der Waals surface area contributed by atoms with Gasteiger partial charge in [-0.25, -0.2) is 0 Å². The second kappa shape index (κ2) is 6.68. The summed E-state index contributed by atoms with van der Waals surface area (Å²) in [6, 6.07) is 8.71. The summed E-state index contributed by atoms with van der Waals surface area (Å²) >= 11 is 12.0. The van der Waals surface area contributed by atoms with Gasteiger partial charge in [-0.15, -0.1) is 0 Å². The highest BCUT2D eigenvalue weighted by molar-refractivity contribution is 6.36. The van der Waals surface area contributed by atoms with Crippen molar-refractivity contribution in [1.82, 2.24) is 4.98 Å². The molecular weight excluding hydrogens is 297 g/mol. The minimum absolute atomic E-state index is 0.418. The summed E-state index contributed by atoms with van der Waals surface area (Å²) < 4.78 is 5.48. The fourth-order valence-electron chi connectivity index (χ4n) is 1.56.